The minimum absolute atomic E-state index is 0.0397. The molecule has 0 aromatic heterocycles. The van der Waals surface area contributed by atoms with Gasteiger partial charge in [-0.15, -0.1) is 0 Å². The fourth-order valence-corrected chi connectivity index (χ4v) is 2.18. The highest BCUT2D eigenvalue weighted by molar-refractivity contribution is 5.74. The molecule has 0 unspecified atom stereocenters. The Kier molecular flexibility index (Phi) is 10.8. The quantitative estimate of drug-likeness (QED) is 0.243. The van der Waals surface area contributed by atoms with Gasteiger partial charge in [0.2, 0.25) is 0 Å². The maximum Gasteiger partial charge on any atom is 0.310 e. The highest BCUT2D eigenvalue weighted by atomic mass is 16.6. The minimum atomic E-state index is -0.768. The van der Waals surface area contributed by atoms with Crippen molar-refractivity contribution in [1.82, 2.24) is 0 Å². The van der Waals surface area contributed by atoms with Gasteiger partial charge in [-0.25, -0.2) is 0 Å². The SMILES string of the molecule is C=C[C@H](CC(=O)OC(C)(C)C)OC(=O)C[C@@H](CCCCC)OC(C)=O. The van der Waals surface area contributed by atoms with Crippen LogP contribution in [0, 0.1) is 0 Å². The van der Waals surface area contributed by atoms with Crippen LogP contribution in [0.2, 0.25) is 0 Å². The minimum Gasteiger partial charge on any atom is -0.462 e. The Morgan fingerprint density at radius 3 is 2.16 bits per heavy atom. The molecule has 0 fully saturated rings. The third-order valence-electron chi connectivity index (χ3n) is 3.19. The van der Waals surface area contributed by atoms with Crippen molar-refractivity contribution in [2.24, 2.45) is 0 Å². The molecular weight excluding hydrogens is 324 g/mol. The number of carbonyl (C=O) groups is 3. The van der Waals surface area contributed by atoms with Crippen LogP contribution in [-0.4, -0.2) is 35.7 Å². The summed E-state index contributed by atoms with van der Waals surface area (Å²) in [4.78, 5) is 35.1. The van der Waals surface area contributed by atoms with Gasteiger partial charge in [0, 0.05) is 6.92 Å². The number of ether oxygens (including phenoxy) is 3. The van der Waals surface area contributed by atoms with Crippen molar-refractivity contribution in [3.63, 3.8) is 0 Å². The van der Waals surface area contributed by atoms with Crippen LogP contribution in [0.4, 0.5) is 0 Å². The van der Waals surface area contributed by atoms with E-state index in [1.807, 2.05) is 0 Å². The van der Waals surface area contributed by atoms with Gasteiger partial charge in [-0.2, -0.15) is 0 Å². The average Bonchev–Trinajstić information content (AvgIpc) is 2.43. The van der Waals surface area contributed by atoms with E-state index in [2.05, 4.69) is 13.5 Å². The van der Waals surface area contributed by atoms with Crippen molar-refractivity contribution >= 4 is 17.9 Å². The molecule has 0 aliphatic heterocycles. The van der Waals surface area contributed by atoms with Crippen LogP contribution < -0.4 is 0 Å². The molecule has 0 amide bonds. The topological polar surface area (TPSA) is 78.9 Å². The Bertz CT molecular complexity index is 449. The molecule has 0 rings (SSSR count). The van der Waals surface area contributed by atoms with Gasteiger partial charge in [0.1, 0.15) is 17.8 Å². The van der Waals surface area contributed by atoms with Crippen LogP contribution >= 0.6 is 0 Å². The van der Waals surface area contributed by atoms with Crippen LogP contribution in [0.5, 0.6) is 0 Å². The molecule has 25 heavy (non-hydrogen) atoms. The molecule has 6 nitrogen and oxygen atoms in total. The first-order chi connectivity index (χ1) is 11.6. The van der Waals surface area contributed by atoms with Crippen molar-refractivity contribution < 1.29 is 28.6 Å². The van der Waals surface area contributed by atoms with E-state index in [9.17, 15) is 14.4 Å². The fraction of sp³-hybridized carbons (Fsp3) is 0.737. The second-order valence-electron chi connectivity index (χ2n) is 6.99. The van der Waals surface area contributed by atoms with Gasteiger partial charge in [0.15, 0.2) is 0 Å². The normalized spacial score (nSPS) is 13.5. The van der Waals surface area contributed by atoms with Crippen LogP contribution in [0.1, 0.15) is 73.1 Å². The number of carbonyl (C=O) groups excluding carboxylic acids is 3. The van der Waals surface area contributed by atoms with Crippen molar-refractivity contribution in [3.8, 4) is 0 Å². The van der Waals surface area contributed by atoms with E-state index in [4.69, 9.17) is 14.2 Å². The van der Waals surface area contributed by atoms with E-state index in [0.29, 0.717) is 6.42 Å². The van der Waals surface area contributed by atoms with Gasteiger partial charge in [-0.3, -0.25) is 14.4 Å². The average molecular weight is 356 g/mol. The largest absolute Gasteiger partial charge is 0.462 e. The van der Waals surface area contributed by atoms with Crippen molar-refractivity contribution in [1.29, 1.82) is 0 Å². The smallest absolute Gasteiger partial charge is 0.310 e. The standard InChI is InChI=1S/C19H32O6/c1-7-9-10-11-16(23-14(3)20)13-17(21)24-15(8-2)12-18(22)25-19(4,5)6/h8,15-16H,2,7,9-13H2,1,3-6H3/t15-,16-/m1/s1. The Balaban J connectivity index is 4.54. The molecule has 0 radical (unpaired) electrons. The number of rotatable bonds is 11. The van der Waals surface area contributed by atoms with E-state index in [1.165, 1.54) is 13.0 Å². The summed E-state index contributed by atoms with van der Waals surface area (Å²) in [5.74, 6) is -1.43. The maximum atomic E-state index is 12.1. The highest BCUT2D eigenvalue weighted by Crippen LogP contribution is 2.15. The molecule has 0 aliphatic rings. The lowest BCUT2D eigenvalue weighted by atomic mass is 10.1. The second kappa shape index (κ2) is 11.7. The predicted molar refractivity (Wildman–Crippen MR) is 94.9 cm³/mol. The summed E-state index contributed by atoms with van der Waals surface area (Å²) >= 11 is 0. The van der Waals surface area contributed by atoms with Gasteiger partial charge < -0.3 is 14.2 Å². The van der Waals surface area contributed by atoms with Gasteiger partial charge in [-0.1, -0.05) is 32.4 Å². The molecule has 0 spiro atoms. The Hall–Kier alpha value is -1.85. The summed E-state index contributed by atoms with van der Waals surface area (Å²) in [6, 6.07) is 0. The molecule has 0 aromatic rings. The zero-order valence-electron chi connectivity index (χ0n) is 16.1. The lowest BCUT2D eigenvalue weighted by molar-refractivity contribution is -0.161. The van der Waals surface area contributed by atoms with E-state index >= 15 is 0 Å². The molecule has 0 saturated carbocycles. The zero-order chi connectivity index (χ0) is 19.5. The number of hydrogen-bond acceptors (Lipinski definition) is 6. The Morgan fingerprint density at radius 1 is 1.04 bits per heavy atom. The molecule has 0 aliphatic carbocycles. The lowest BCUT2D eigenvalue weighted by Gasteiger charge is -2.22. The molecular formula is C19H32O6. The van der Waals surface area contributed by atoms with Crippen molar-refractivity contribution in [2.75, 3.05) is 0 Å². The fourth-order valence-electron chi connectivity index (χ4n) is 2.18. The molecule has 0 saturated heterocycles. The van der Waals surface area contributed by atoms with E-state index < -0.39 is 35.7 Å². The van der Waals surface area contributed by atoms with Gasteiger partial charge in [-0.05, 0) is 33.6 Å². The molecule has 6 heteroatoms. The molecule has 0 bridgehead atoms. The summed E-state index contributed by atoms with van der Waals surface area (Å²) in [5.41, 5.74) is -0.605. The van der Waals surface area contributed by atoms with Gasteiger partial charge in [0.25, 0.3) is 0 Å². The Morgan fingerprint density at radius 2 is 1.68 bits per heavy atom. The summed E-state index contributed by atoms with van der Waals surface area (Å²) in [5, 5.41) is 0. The monoisotopic (exact) mass is 356 g/mol. The molecule has 0 aromatic carbocycles. The van der Waals surface area contributed by atoms with E-state index in [1.54, 1.807) is 20.8 Å². The first-order valence-corrected chi connectivity index (χ1v) is 8.78. The summed E-state index contributed by atoms with van der Waals surface area (Å²) in [7, 11) is 0. The highest BCUT2D eigenvalue weighted by Gasteiger charge is 2.23. The Labute approximate surface area is 150 Å². The summed E-state index contributed by atoms with van der Waals surface area (Å²) in [6.45, 7) is 12.3. The molecule has 2 atom stereocenters. The number of hydrogen-bond donors (Lipinski definition) is 0. The first-order valence-electron chi connectivity index (χ1n) is 8.78. The second-order valence-corrected chi connectivity index (χ2v) is 6.99. The van der Waals surface area contributed by atoms with Crippen molar-refractivity contribution in [2.45, 2.75) is 91.0 Å². The number of esters is 3. The van der Waals surface area contributed by atoms with Crippen LogP contribution in [0.3, 0.4) is 0 Å². The van der Waals surface area contributed by atoms with Crippen LogP contribution in [-0.2, 0) is 28.6 Å². The van der Waals surface area contributed by atoms with Crippen LogP contribution in [0.15, 0.2) is 12.7 Å². The van der Waals surface area contributed by atoms with Crippen molar-refractivity contribution in [3.05, 3.63) is 12.7 Å². The van der Waals surface area contributed by atoms with Gasteiger partial charge in [0.05, 0.1) is 12.8 Å². The zero-order valence-corrected chi connectivity index (χ0v) is 16.1. The summed E-state index contributed by atoms with van der Waals surface area (Å²) < 4.78 is 15.6. The van der Waals surface area contributed by atoms with E-state index in [0.717, 1.165) is 19.3 Å². The molecule has 0 N–H and O–H groups in total. The third-order valence-corrected chi connectivity index (χ3v) is 3.19. The maximum absolute atomic E-state index is 12.1. The third kappa shape index (κ3) is 13.2. The van der Waals surface area contributed by atoms with E-state index in [-0.39, 0.29) is 12.8 Å². The number of unbranched alkanes of at least 4 members (excludes halogenated alkanes) is 2. The lowest BCUT2D eigenvalue weighted by Crippen LogP contribution is -2.29. The van der Waals surface area contributed by atoms with Crippen LogP contribution in [0.25, 0.3) is 0 Å². The first kappa shape index (κ1) is 23.1. The predicted octanol–water partition coefficient (Wildman–Crippen LogP) is 3.72. The molecule has 0 heterocycles. The summed E-state index contributed by atoms with van der Waals surface area (Å²) in [6.07, 6.45) is 3.48. The van der Waals surface area contributed by atoms with Gasteiger partial charge >= 0.3 is 17.9 Å². The molecule has 144 valence electrons.